The lowest BCUT2D eigenvalue weighted by Gasteiger charge is -2.00. The van der Waals surface area contributed by atoms with Gasteiger partial charge in [-0.25, -0.2) is 9.97 Å². The van der Waals surface area contributed by atoms with E-state index in [2.05, 4.69) is 121 Å². The van der Waals surface area contributed by atoms with E-state index in [0.29, 0.717) is 0 Å². The minimum Gasteiger partial charge on any atom is -0.245 e. The minimum absolute atomic E-state index is 1.08. The van der Waals surface area contributed by atoms with E-state index in [4.69, 9.17) is 4.98 Å². The van der Waals surface area contributed by atoms with Gasteiger partial charge in [-0.2, -0.15) is 0 Å². The minimum atomic E-state index is 1.08. The van der Waals surface area contributed by atoms with E-state index in [-0.39, 0.29) is 0 Å². The van der Waals surface area contributed by atoms with Gasteiger partial charge in [-0.15, -0.1) is 22.7 Å². The third-order valence-corrected chi connectivity index (χ3v) is 8.33. The maximum atomic E-state index is 4.71. The van der Waals surface area contributed by atoms with Crippen molar-refractivity contribution in [3.8, 4) is 10.6 Å². The molecule has 0 aliphatic rings. The van der Waals surface area contributed by atoms with Gasteiger partial charge >= 0.3 is 0 Å². The van der Waals surface area contributed by atoms with Gasteiger partial charge in [0.25, 0.3) is 0 Å². The fourth-order valence-corrected chi connectivity index (χ4v) is 6.07. The molecule has 0 amide bonds. The molecule has 4 heteroatoms. The van der Waals surface area contributed by atoms with Crippen LogP contribution in [-0.2, 0) is 0 Å². The van der Waals surface area contributed by atoms with Crippen molar-refractivity contribution in [2.45, 2.75) is 6.92 Å². The third-order valence-electron chi connectivity index (χ3n) is 6.43. The maximum absolute atomic E-state index is 4.71. The second kappa shape index (κ2) is 11.6. The van der Waals surface area contributed by atoms with Crippen molar-refractivity contribution in [2.75, 3.05) is 0 Å². The Balaban J connectivity index is 0.000000117. The molecule has 2 heterocycles. The summed E-state index contributed by atoms with van der Waals surface area (Å²) in [5, 5.41) is 6.27. The fourth-order valence-electron chi connectivity index (χ4n) is 4.43. The molecule has 2 aromatic heterocycles. The Morgan fingerprint density at radius 3 is 1.82 bits per heavy atom. The number of rotatable bonds is 1. The van der Waals surface area contributed by atoms with Gasteiger partial charge in [0.2, 0.25) is 0 Å². The molecule has 0 radical (unpaired) electrons. The summed E-state index contributed by atoms with van der Waals surface area (Å²) in [6, 6.07) is 46.3. The van der Waals surface area contributed by atoms with Crippen molar-refractivity contribution in [2.24, 2.45) is 0 Å². The lowest BCUT2D eigenvalue weighted by Crippen LogP contribution is -1.77. The molecule has 39 heavy (non-hydrogen) atoms. The van der Waals surface area contributed by atoms with Crippen molar-refractivity contribution in [3.63, 3.8) is 0 Å². The van der Waals surface area contributed by atoms with Crippen LogP contribution in [0.3, 0.4) is 0 Å². The molecule has 0 atom stereocenters. The van der Waals surface area contributed by atoms with E-state index in [9.17, 15) is 0 Å². The largest absolute Gasteiger partial charge is 0.245 e. The number of hydrogen-bond acceptors (Lipinski definition) is 4. The Kier molecular flexibility index (Phi) is 7.39. The van der Waals surface area contributed by atoms with Gasteiger partial charge in [0.1, 0.15) is 5.01 Å². The first-order chi connectivity index (χ1) is 19.2. The molecule has 0 bridgehead atoms. The van der Waals surface area contributed by atoms with Crippen LogP contribution in [0.4, 0.5) is 0 Å². The SMILES string of the molecule is Cc1ccc2ccccc2c1.c1ccc2cc(-c3nc4ccccc4s3)ccc2c1.c1ccc2scnc2c1. The Morgan fingerprint density at radius 1 is 0.513 bits per heavy atom. The molecular formula is C35H26N2S2. The van der Waals surface area contributed by atoms with E-state index in [0.717, 1.165) is 16.0 Å². The first-order valence-electron chi connectivity index (χ1n) is 12.8. The number of benzene rings is 6. The zero-order valence-corrected chi connectivity index (χ0v) is 23.1. The Labute approximate surface area is 235 Å². The second-order valence-electron chi connectivity index (χ2n) is 9.22. The number of aryl methyl sites for hydroxylation is 1. The number of nitrogens with zero attached hydrogens (tertiary/aromatic N) is 2. The summed E-state index contributed by atoms with van der Waals surface area (Å²) in [5.74, 6) is 0. The molecule has 0 aliphatic carbocycles. The van der Waals surface area contributed by atoms with Crippen LogP contribution in [-0.4, -0.2) is 9.97 Å². The molecule has 8 rings (SSSR count). The van der Waals surface area contributed by atoms with Crippen molar-refractivity contribution in [1.29, 1.82) is 0 Å². The van der Waals surface area contributed by atoms with E-state index in [1.165, 1.54) is 42.1 Å². The molecule has 6 aromatic carbocycles. The van der Waals surface area contributed by atoms with Gasteiger partial charge in [0.15, 0.2) is 0 Å². The Hall–Kier alpha value is -4.38. The standard InChI is InChI=1S/C17H11NS.C11H10.C7H5NS/c1-2-6-13-11-14(10-9-12(13)5-1)17-18-15-7-3-4-8-16(15)19-17;1-9-6-7-10-4-2-3-5-11(10)8-9;1-2-4-7-6(3-1)8-5-9-7/h1-11H;2-8H,1H3;1-5H. The van der Waals surface area contributed by atoms with Gasteiger partial charge in [-0.3, -0.25) is 0 Å². The van der Waals surface area contributed by atoms with Crippen molar-refractivity contribution in [3.05, 3.63) is 145 Å². The van der Waals surface area contributed by atoms with E-state index in [1.54, 1.807) is 22.7 Å². The van der Waals surface area contributed by atoms with Gasteiger partial charge in [0, 0.05) is 5.56 Å². The fraction of sp³-hybridized carbons (Fsp3) is 0.0286. The highest BCUT2D eigenvalue weighted by molar-refractivity contribution is 7.21. The predicted octanol–water partition coefficient (Wildman–Crippen LogP) is 10.6. The van der Waals surface area contributed by atoms with Crippen LogP contribution in [0, 0.1) is 6.92 Å². The number of hydrogen-bond donors (Lipinski definition) is 0. The first kappa shape index (κ1) is 24.9. The molecule has 8 aromatic rings. The summed E-state index contributed by atoms with van der Waals surface area (Å²) in [6.07, 6.45) is 0. The molecule has 0 saturated heterocycles. The topological polar surface area (TPSA) is 25.8 Å². The molecule has 0 fully saturated rings. The van der Waals surface area contributed by atoms with Crippen molar-refractivity contribution < 1.29 is 0 Å². The lowest BCUT2D eigenvalue weighted by atomic mass is 10.1. The quantitative estimate of drug-likeness (QED) is 0.208. The summed E-state index contributed by atoms with van der Waals surface area (Å²) in [6.45, 7) is 2.12. The summed E-state index contributed by atoms with van der Waals surface area (Å²) >= 11 is 3.42. The smallest absolute Gasteiger partial charge is 0.124 e. The van der Waals surface area contributed by atoms with Gasteiger partial charge < -0.3 is 0 Å². The summed E-state index contributed by atoms with van der Waals surface area (Å²) in [4.78, 5) is 8.85. The zero-order valence-electron chi connectivity index (χ0n) is 21.5. The zero-order chi connectivity index (χ0) is 26.4. The highest BCUT2D eigenvalue weighted by Crippen LogP contribution is 2.31. The van der Waals surface area contributed by atoms with Crippen LogP contribution in [0.25, 0.3) is 52.5 Å². The molecule has 0 unspecified atom stereocenters. The average Bonchev–Trinajstić information content (AvgIpc) is 3.65. The molecule has 0 N–H and O–H groups in total. The average molecular weight is 539 g/mol. The van der Waals surface area contributed by atoms with Gasteiger partial charge in [-0.1, -0.05) is 109 Å². The molecule has 0 saturated carbocycles. The van der Waals surface area contributed by atoms with Gasteiger partial charge in [0.05, 0.1) is 25.9 Å². The molecular weight excluding hydrogens is 513 g/mol. The second-order valence-corrected chi connectivity index (χ2v) is 11.1. The van der Waals surface area contributed by atoms with Crippen molar-refractivity contribution in [1.82, 2.24) is 9.97 Å². The van der Waals surface area contributed by atoms with Crippen LogP contribution in [0.1, 0.15) is 5.56 Å². The van der Waals surface area contributed by atoms with E-state index >= 15 is 0 Å². The highest BCUT2D eigenvalue weighted by Gasteiger charge is 2.06. The predicted molar refractivity (Wildman–Crippen MR) is 171 cm³/mol. The van der Waals surface area contributed by atoms with Crippen molar-refractivity contribution >= 4 is 64.7 Å². The number of para-hydroxylation sites is 2. The normalized spacial score (nSPS) is 10.7. The van der Waals surface area contributed by atoms with Crippen LogP contribution >= 0.6 is 22.7 Å². The van der Waals surface area contributed by atoms with Crippen LogP contribution in [0.2, 0.25) is 0 Å². The number of aromatic nitrogens is 2. The van der Waals surface area contributed by atoms with E-state index in [1.807, 2.05) is 29.8 Å². The van der Waals surface area contributed by atoms with Crippen LogP contribution < -0.4 is 0 Å². The maximum Gasteiger partial charge on any atom is 0.124 e. The molecule has 0 spiro atoms. The van der Waals surface area contributed by atoms with Crippen LogP contribution in [0.5, 0.6) is 0 Å². The Bertz CT molecular complexity index is 1940. The first-order valence-corrected chi connectivity index (χ1v) is 14.5. The Morgan fingerprint density at radius 2 is 1.10 bits per heavy atom. The lowest BCUT2D eigenvalue weighted by molar-refractivity contribution is 1.48. The number of thiazole rings is 2. The van der Waals surface area contributed by atoms with E-state index < -0.39 is 0 Å². The molecule has 188 valence electrons. The molecule has 2 nitrogen and oxygen atoms in total. The molecule has 0 aliphatic heterocycles. The summed E-state index contributed by atoms with van der Waals surface area (Å²) < 4.78 is 2.50. The number of fused-ring (bicyclic) bond motifs is 4. The van der Waals surface area contributed by atoms with Crippen LogP contribution in [0.15, 0.2) is 139 Å². The summed E-state index contributed by atoms with van der Waals surface area (Å²) in [5.41, 5.74) is 6.56. The third kappa shape index (κ3) is 5.88. The summed E-state index contributed by atoms with van der Waals surface area (Å²) in [7, 11) is 0. The monoisotopic (exact) mass is 538 g/mol. The van der Waals surface area contributed by atoms with Gasteiger partial charge in [-0.05, 0) is 58.8 Å². The highest BCUT2D eigenvalue weighted by atomic mass is 32.1.